The van der Waals surface area contributed by atoms with Gasteiger partial charge in [-0.25, -0.2) is 0 Å². The van der Waals surface area contributed by atoms with Crippen molar-refractivity contribution >= 4 is 23.4 Å². The maximum atomic E-state index is 9.23. The summed E-state index contributed by atoms with van der Waals surface area (Å²) in [4.78, 5) is 2.12. The summed E-state index contributed by atoms with van der Waals surface area (Å²) in [6.45, 7) is 2.27. The molecule has 3 heteroatoms. The van der Waals surface area contributed by atoms with Gasteiger partial charge in [0.1, 0.15) is 0 Å². The zero-order chi connectivity index (χ0) is 11.8. The fourth-order valence-corrected chi connectivity index (χ4v) is 2.23. The predicted octanol–water partition coefficient (Wildman–Crippen LogP) is 4.50. The van der Waals surface area contributed by atoms with Crippen molar-refractivity contribution in [3.05, 3.63) is 40.3 Å². The molecule has 0 aliphatic heterocycles. The molecular formula is C13H17ClOS. The van der Waals surface area contributed by atoms with Crippen molar-refractivity contribution in [3.8, 4) is 0 Å². The second kappa shape index (κ2) is 7.77. The highest BCUT2D eigenvalue weighted by Gasteiger charge is 1.99. The van der Waals surface area contributed by atoms with Gasteiger partial charge < -0.3 is 5.11 Å². The lowest BCUT2D eigenvalue weighted by Gasteiger charge is -2.04. The first-order valence-electron chi connectivity index (χ1n) is 5.49. The van der Waals surface area contributed by atoms with E-state index in [1.807, 2.05) is 24.3 Å². The summed E-state index contributed by atoms with van der Waals surface area (Å²) in [5.74, 6) is 0. The van der Waals surface area contributed by atoms with Crippen LogP contribution in [0.3, 0.4) is 0 Å². The smallest absolute Gasteiger partial charge is 0.0740 e. The molecule has 1 nitrogen and oxygen atoms in total. The van der Waals surface area contributed by atoms with Gasteiger partial charge in [-0.2, -0.15) is 0 Å². The van der Waals surface area contributed by atoms with Crippen molar-refractivity contribution in [2.24, 2.45) is 0 Å². The minimum atomic E-state index is 0.108. The highest BCUT2D eigenvalue weighted by molar-refractivity contribution is 8.03. The van der Waals surface area contributed by atoms with E-state index in [4.69, 9.17) is 11.6 Å². The zero-order valence-electron chi connectivity index (χ0n) is 9.45. The third-order valence-electron chi connectivity index (χ3n) is 2.15. The SMILES string of the molecule is CCCC/C=C(\CO)Sc1ccc(Cl)cc1. The van der Waals surface area contributed by atoms with E-state index in [0.717, 1.165) is 21.2 Å². The van der Waals surface area contributed by atoms with Gasteiger partial charge in [-0.3, -0.25) is 0 Å². The standard InChI is InChI=1S/C13H17ClOS/c1-2-3-4-5-13(10-15)16-12-8-6-11(14)7-9-12/h5-9,15H,2-4,10H2,1H3/b13-5+. The van der Waals surface area contributed by atoms with Gasteiger partial charge in [0.05, 0.1) is 6.61 Å². The summed E-state index contributed by atoms with van der Waals surface area (Å²) in [6, 6.07) is 7.67. The van der Waals surface area contributed by atoms with Gasteiger partial charge in [-0.1, -0.05) is 49.2 Å². The molecule has 0 fully saturated rings. The second-order valence-corrected chi connectivity index (χ2v) is 5.16. The largest absolute Gasteiger partial charge is 0.391 e. The summed E-state index contributed by atoms with van der Waals surface area (Å²) < 4.78 is 0. The van der Waals surface area contributed by atoms with Crippen molar-refractivity contribution in [3.63, 3.8) is 0 Å². The Morgan fingerprint density at radius 2 is 2.06 bits per heavy atom. The number of aliphatic hydroxyl groups is 1. The van der Waals surface area contributed by atoms with Crippen LogP contribution in [-0.2, 0) is 0 Å². The minimum Gasteiger partial charge on any atom is -0.391 e. The zero-order valence-corrected chi connectivity index (χ0v) is 11.0. The van der Waals surface area contributed by atoms with Crippen LogP contribution in [0, 0.1) is 0 Å². The molecule has 0 radical (unpaired) electrons. The topological polar surface area (TPSA) is 20.2 Å². The molecule has 0 aliphatic carbocycles. The molecule has 0 aliphatic rings. The summed E-state index contributed by atoms with van der Waals surface area (Å²) >= 11 is 7.41. The molecule has 1 N–H and O–H groups in total. The van der Waals surface area contributed by atoms with Crippen molar-refractivity contribution in [1.82, 2.24) is 0 Å². The molecule has 0 bridgehead atoms. The van der Waals surface area contributed by atoms with Crippen LogP contribution in [-0.4, -0.2) is 11.7 Å². The van der Waals surface area contributed by atoms with Crippen LogP contribution in [0.1, 0.15) is 26.2 Å². The fourth-order valence-electron chi connectivity index (χ4n) is 1.26. The number of rotatable bonds is 6. The minimum absolute atomic E-state index is 0.108. The van der Waals surface area contributed by atoms with E-state index in [0.29, 0.717) is 0 Å². The van der Waals surface area contributed by atoms with Crippen LogP contribution in [0.5, 0.6) is 0 Å². The summed E-state index contributed by atoms with van der Waals surface area (Å²) in [7, 11) is 0. The van der Waals surface area contributed by atoms with Crippen molar-refractivity contribution in [1.29, 1.82) is 0 Å². The number of benzene rings is 1. The van der Waals surface area contributed by atoms with Crippen molar-refractivity contribution in [2.75, 3.05) is 6.61 Å². The molecular weight excluding hydrogens is 240 g/mol. The molecule has 0 saturated carbocycles. The number of aliphatic hydroxyl groups excluding tert-OH is 1. The summed E-state index contributed by atoms with van der Waals surface area (Å²) in [5, 5.41) is 9.97. The molecule has 1 rings (SSSR count). The van der Waals surface area contributed by atoms with Crippen LogP contribution in [0.15, 0.2) is 40.1 Å². The first kappa shape index (κ1) is 13.6. The van der Waals surface area contributed by atoms with Gasteiger partial charge >= 0.3 is 0 Å². The maximum Gasteiger partial charge on any atom is 0.0740 e. The van der Waals surface area contributed by atoms with Gasteiger partial charge in [0.2, 0.25) is 0 Å². The average molecular weight is 257 g/mol. The van der Waals surface area contributed by atoms with Gasteiger partial charge in [0, 0.05) is 14.8 Å². The highest BCUT2D eigenvalue weighted by Crippen LogP contribution is 2.27. The quantitative estimate of drug-likeness (QED) is 0.597. The van der Waals surface area contributed by atoms with Gasteiger partial charge in [-0.15, -0.1) is 0 Å². The number of hydrogen-bond donors (Lipinski definition) is 1. The maximum absolute atomic E-state index is 9.23. The lowest BCUT2D eigenvalue weighted by Crippen LogP contribution is -1.86. The highest BCUT2D eigenvalue weighted by atomic mass is 35.5. The summed E-state index contributed by atoms with van der Waals surface area (Å²) in [6.07, 6.45) is 5.50. The molecule has 0 amide bonds. The number of hydrogen-bond acceptors (Lipinski definition) is 2. The van der Waals surface area contributed by atoms with E-state index in [9.17, 15) is 5.11 Å². The molecule has 0 atom stereocenters. The van der Waals surface area contributed by atoms with E-state index in [1.165, 1.54) is 12.8 Å². The number of thioether (sulfide) groups is 1. The fraction of sp³-hybridized carbons (Fsp3) is 0.385. The molecule has 0 heterocycles. The normalized spacial score (nSPS) is 11.8. The number of unbranched alkanes of at least 4 members (excludes halogenated alkanes) is 2. The second-order valence-electron chi connectivity index (χ2n) is 3.53. The Morgan fingerprint density at radius 3 is 2.62 bits per heavy atom. The molecule has 0 saturated heterocycles. The van der Waals surface area contributed by atoms with E-state index < -0.39 is 0 Å². The molecule has 88 valence electrons. The lowest BCUT2D eigenvalue weighted by atomic mass is 10.2. The first-order valence-corrected chi connectivity index (χ1v) is 6.69. The Morgan fingerprint density at radius 1 is 1.38 bits per heavy atom. The summed E-state index contributed by atoms with van der Waals surface area (Å²) in [5.41, 5.74) is 0. The van der Waals surface area contributed by atoms with Crippen molar-refractivity contribution < 1.29 is 5.11 Å². The molecule has 0 unspecified atom stereocenters. The van der Waals surface area contributed by atoms with Gasteiger partial charge in [-0.05, 0) is 30.7 Å². The van der Waals surface area contributed by atoms with E-state index >= 15 is 0 Å². The Kier molecular flexibility index (Phi) is 6.62. The lowest BCUT2D eigenvalue weighted by molar-refractivity contribution is 0.339. The average Bonchev–Trinajstić information content (AvgIpc) is 2.31. The number of allylic oxidation sites excluding steroid dienone is 1. The Balaban J connectivity index is 2.55. The monoisotopic (exact) mass is 256 g/mol. The Bertz CT molecular complexity index is 332. The molecule has 1 aromatic rings. The van der Waals surface area contributed by atoms with E-state index in [1.54, 1.807) is 11.8 Å². The third-order valence-corrected chi connectivity index (χ3v) is 3.47. The Labute approximate surface area is 107 Å². The molecule has 0 spiro atoms. The van der Waals surface area contributed by atoms with Crippen LogP contribution < -0.4 is 0 Å². The van der Waals surface area contributed by atoms with Gasteiger partial charge in [0.25, 0.3) is 0 Å². The molecule has 16 heavy (non-hydrogen) atoms. The molecule has 0 aromatic heterocycles. The third kappa shape index (κ3) is 5.06. The van der Waals surface area contributed by atoms with Crippen LogP contribution in [0.25, 0.3) is 0 Å². The number of halogens is 1. The van der Waals surface area contributed by atoms with Crippen molar-refractivity contribution in [2.45, 2.75) is 31.1 Å². The molecule has 1 aromatic carbocycles. The van der Waals surface area contributed by atoms with Crippen LogP contribution in [0.4, 0.5) is 0 Å². The van der Waals surface area contributed by atoms with Crippen LogP contribution >= 0.6 is 23.4 Å². The Hall–Kier alpha value is -0.440. The van der Waals surface area contributed by atoms with Gasteiger partial charge in [0.15, 0.2) is 0 Å². The van der Waals surface area contributed by atoms with E-state index in [2.05, 4.69) is 13.0 Å². The first-order chi connectivity index (χ1) is 7.76. The van der Waals surface area contributed by atoms with E-state index in [-0.39, 0.29) is 6.61 Å². The predicted molar refractivity (Wildman–Crippen MR) is 72.0 cm³/mol. The van der Waals surface area contributed by atoms with Crippen LogP contribution in [0.2, 0.25) is 5.02 Å².